The van der Waals surface area contributed by atoms with Gasteiger partial charge in [0.25, 0.3) is 0 Å². The molecule has 0 aliphatic carbocycles. The molecule has 1 fully saturated rings. The Kier molecular flexibility index (Phi) is 4.01. The van der Waals surface area contributed by atoms with Gasteiger partial charge in [0, 0.05) is 5.38 Å². The third-order valence-corrected chi connectivity index (χ3v) is 3.32. The van der Waals surface area contributed by atoms with Crippen molar-refractivity contribution in [2.45, 2.75) is 31.7 Å². The van der Waals surface area contributed by atoms with Crippen LogP contribution in [0.3, 0.4) is 0 Å². The van der Waals surface area contributed by atoms with E-state index in [0.29, 0.717) is 5.01 Å². The molecule has 2 heterocycles. The first kappa shape index (κ1) is 12.8. The summed E-state index contributed by atoms with van der Waals surface area (Å²) in [5.41, 5.74) is 0.915. The predicted molar refractivity (Wildman–Crippen MR) is 57.8 cm³/mol. The fourth-order valence-corrected chi connectivity index (χ4v) is 2.53. The largest absolute Gasteiger partial charge is 0.411 e. The van der Waals surface area contributed by atoms with Crippen LogP contribution in [0.4, 0.5) is 13.2 Å². The second kappa shape index (κ2) is 5.32. The molecule has 0 saturated carbocycles. The summed E-state index contributed by atoms with van der Waals surface area (Å²) in [5.74, 6) is 0. The molecule has 2 rings (SSSR count). The second-order valence-corrected chi connectivity index (χ2v) is 4.87. The van der Waals surface area contributed by atoms with Crippen molar-refractivity contribution in [3.05, 3.63) is 16.1 Å². The number of hydrogen-bond donors (Lipinski definition) is 1. The average Bonchev–Trinajstić information content (AvgIpc) is 2.83. The summed E-state index contributed by atoms with van der Waals surface area (Å²) in [6.07, 6.45) is -2.12. The van der Waals surface area contributed by atoms with Crippen molar-refractivity contribution in [1.29, 1.82) is 0 Å². The lowest BCUT2D eigenvalue weighted by Crippen LogP contribution is -2.16. The van der Waals surface area contributed by atoms with Gasteiger partial charge in [0.1, 0.15) is 11.6 Å². The molecule has 1 aliphatic rings. The van der Waals surface area contributed by atoms with Crippen molar-refractivity contribution in [3.63, 3.8) is 0 Å². The zero-order valence-corrected chi connectivity index (χ0v) is 9.90. The van der Waals surface area contributed by atoms with Crippen molar-refractivity contribution in [2.24, 2.45) is 0 Å². The first-order valence-electron chi connectivity index (χ1n) is 5.37. The Morgan fingerprint density at radius 2 is 2.35 bits per heavy atom. The number of rotatable bonds is 4. The van der Waals surface area contributed by atoms with Crippen LogP contribution in [0.15, 0.2) is 5.38 Å². The Labute approximate surface area is 101 Å². The van der Waals surface area contributed by atoms with Gasteiger partial charge in [-0.25, -0.2) is 4.98 Å². The topological polar surface area (TPSA) is 34.1 Å². The third kappa shape index (κ3) is 3.93. The van der Waals surface area contributed by atoms with Gasteiger partial charge >= 0.3 is 6.18 Å². The van der Waals surface area contributed by atoms with Crippen molar-refractivity contribution >= 4 is 11.3 Å². The van der Waals surface area contributed by atoms with E-state index in [4.69, 9.17) is 0 Å². The molecule has 1 aromatic heterocycles. The van der Waals surface area contributed by atoms with E-state index in [0.717, 1.165) is 25.1 Å². The summed E-state index contributed by atoms with van der Waals surface area (Å²) < 4.78 is 40.1. The first-order valence-corrected chi connectivity index (χ1v) is 6.25. The molecular weight excluding hydrogens is 253 g/mol. The summed E-state index contributed by atoms with van der Waals surface area (Å²) in [4.78, 5) is 4.28. The number of alkyl halides is 3. The quantitative estimate of drug-likeness (QED) is 0.909. The lowest BCUT2D eigenvalue weighted by atomic mass is 10.2. The van der Waals surface area contributed by atoms with E-state index in [1.165, 1.54) is 11.3 Å². The molecule has 0 aromatic carbocycles. The highest BCUT2D eigenvalue weighted by Gasteiger charge is 2.27. The highest BCUT2D eigenvalue weighted by molar-refractivity contribution is 7.09. The Morgan fingerprint density at radius 1 is 1.53 bits per heavy atom. The van der Waals surface area contributed by atoms with Gasteiger partial charge in [-0.2, -0.15) is 13.2 Å². The Bertz CT molecular complexity index is 361. The molecule has 1 aliphatic heterocycles. The zero-order chi connectivity index (χ0) is 12.3. The standard InChI is InChI=1S/C10H13F3N2OS/c11-10(12,13)6-16-4-9-15-8(5-17-9)7-2-1-3-14-7/h5,7,14H,1-4,6H2/t7-/m0/s1. The van der Waals surface area contributed by atoms with Crippen LogP contribution in [0, 0.1) is 0 Å². The fourth-order valence-electron chi connectivity index (χ4n) is 1.74. The van der Waals surface area contributed by atoms with E-state index < -0.39 is 12.8 Å². The van der Waals surface area contributed by atoms with Crippen LogP contribution >= 0.6 is 11.3 Å². The van der Waals surface area contributed by atoms with E-state index in [9.17, 15) is 13.2 Å². The Hall–Kier alpha value is -0.660. The molecular formula is C10H13F3N2OS. The molecule has 1 atom stereocenters. The van der Waals surface area contributed by atoms with Crippen molar-refractivity contribution in [3.8, 4) is 0 Å². The van der Waals surface area contributed by atoms with Crippen LogP contribution in [-0.2, 0) is 11.3 Å². The van der Waals surface area contributed by atoms with Gasteiger partial charge in [-0.05, 0) is 19.4 Å². The molecule has 0 radical (unpaired) electrons. The number of thiazole rings is 1. The summed E-state index contributed by atoms with van der Waals surface area (Å²) in [6.45, 7) is -0.317. The van der Waals surface area contributed by atoms with Crippen LogP contribution in [0.25, 0.3) is 0 Å². The predicted octanol–water partition coefficient (Wildman–Crippen LogP) is 2.65. The molecule has 0 unspecified atom stereocenters. The van der Waals surface area contributed by atoms with Crippen LogP contribution in [0.5, 0.6) is 0 Å². The van der Waals surface area contributed by atoms with E-state index in [-0.39, 0.29) is 12.6 Å². The smallest absolute Gasteiger partial charge is 0.365 e. The Balaban J connectivity index is 1.81. The van der Waals surface area contributed by atoms with Gasteiger partial charge < -0.3 is 10.1 Å². The first-order chi connectivity index (χ1) is 8.04. The fraction of sp³-hybridized carbons (Fsp3) is 0.700. The van der Waals surface area contributed by atoms with Gasteiger partial charge in [0.05, 0.1) is 18.3 Å². The monoisotopic (exact) mass is 266 g/mol. The van der Waals surface area contributed by atoms with Crippen molar-refractivity contribution < 1.29 is 17.9 Å². The van der Waals surface area contributed by atoms with E-state index in [1.807, 2.05) is 5.38 Å². The van der Waals surface area contributed by atoms with Crippen LogP contribution in [-0.4, -0.2) is 24.3 Å². The van der Waals surface area contributed by atoms with Gasteiger partial charge in [-0.1, -0.05) is 0 Å². The summed E-state index contributed by atoms with van der Waals surface area (Å²) in [5, 5.41) is 5.77. The minimum atomic E-state index is -4.27. The van der Waals surface area contributed by atoms with Crippen LogP contribution in [0.1, 0.15) is 29.6 Å². The van der Waals surface area contributed by atoms with E-state index in [1.54, 1.807) is 0 Å². The van der Waals surface area contributed by atoms with Crippen LogP contribution < -0.4 is 5.32 Å². The minimum Gasteiger partial charge on any atom is -0.365 e. The maximum Gasteiger partial charge on any atom is 0.411 e. The maximum atomic E-state index is 11.9. The minimum absolute atomic E-state index is 0.0725. The average molecular weight is 266 g/mol. The molecule has 7 heteroatoms. The number of nitrogens with one attached hydrogen (secondary N) is 1. The summed E-state index contributed by atoms with van der Waals surface area (Å²) in [7, 11) is 0. The molecule has 3 nitrogen and oxygen atoms in total. The van der Waals surface area contributed by atoms with Gasteiger partial charge in [0.2, 0.25) is 0 Å². The molecule has 0 amide bonds. The zero-order valence-electron chi connectivity index (χ0n) is 9.09. The van der Waals surface area contributed by atoms with E-state index in [2.05, 4.69) is 15.0 Å². The molecule has 0 spiro atoms. The van der Waals surface area contributed by atoms with E-state index >= 15 is 0 Å². The normalized spacial score (nSPS) is 21.0. The SMILES string of the molecule is FC(F)(F)COCc1nc([C@@H]2CCCN2)cs1. The number of halogens is 3. The molecule has 1 saturated heterocycles. The number of ether oxygens (including phenoxy) is 1. The molecule has 1 aromatic rings. The lowest BCUT2D eigenvalue weighted by Gasteiger charge is -2.06. The highest BCUT2D eigenvalue weighted by Crippen LogP contribution is 2.25. The number of aromatic nitrogens is 1. The summed E-state index contributed by atoms with van der Waals surface area (Å²) in [6, 6.07) is 0.252. The van der Waals surface area contributed by atoms with Crippen molar-refractivity contribution in [1.82, 2.24) is 10.3 Å². The van der Waals surface area contributed by atoms with Crippen LogP contribution in [0.2, 0.25) is 0 Å². The van der Waals surface area contributed by atoms with Gasteiger partial charge in [-0.15, -0.1) is 11.3 Å². The second-order valence-electron chi connectivity index (χ2n) is 3.92. The molecule has 96 valence electrons. The third-order valence-electron chi connectivity index (χ3n) is 2.48. The lowest BCUT2D eigenvalue weighted by molar-refractivity contribution is -0.176. The number of nitrogens with zero attached hydrogens (tertiary/aromatic N) is 1. The summed E-state index contributed by atoms with van der Waals surface area (Å²) >= 11 is 1.34. The highest BCUT2D eigenvalue weighted by atomic mass is 32.1. The Morgan fingerprint density at radius 3 is 3.00 bits per heavy atom. The number of hydrogen-bond acceptors (Lipinski definition) is 4. The van der Waals surface area contributed by atoms with Gasteiger partial charge in [0.15, 0.2) is 0 Å². The molecule has 0 bridgehead atoms. The van der Waals surface area contributed by atoms with Gasteiger partial charge in [-0.3, -0.25) is 0 Å². The molecule has 1 N–H and O–H groups in total. The van der Waals surface area contributed by atoms with Crippen molar-refractivity contribution in [2.75, 3.05) is 13.2 Å². The maximum absolute atomic E-state index is 11.9. The molecule has 17 heavy (non-hydrogen) atoms.